The molecule has 4 N–H and O–H groups in total. The fourth-order valence-corrected chi connectivity index (χ4v) is 10.2. The van der Waals surface area contributed by atoms with Crippen molar-refractivity contribution in [3.05, 3.63) is 125 Å². The van der Waals surface area contributed by atoms with Gasteiger partial charge in [-0.3, -0.25) is 4.79 Å². The number of carbonyl (C=O) groups excluding carboxylic acids is 1. The zero-order valence-corrected chi connectivity index (χ0v) is 39.7. The van der Waals surface area contributed by atoms with Gasteiger partial charge in [-0.25, -0.2) is 21.6 Å². The van der Waals surface area contributed by atoms with E-state index >= 15 is 0 Å². The first-order valence-electron chi connectivity index (χ1n) is 22.6. The molecule has 0 unspecified atom stereocenters. The van der Waals surface area contributed by atoms with E-state index < -0.39 is 46.8 Å². The number of halogens is 4. The fourth-order valence-electron chi connectivity index (χ4n) is 8.02. The molecule has 2 aliphatic heterocycles. The quantitative estimate of drug-likeness (QED) is 0.0516. The number of benzene rings is 5. The molecule has 68 heavy (non-hydrogen) atoms. The zero-order valence-electron chi connectivity index (χ0n) is 37.3. The third-order valence-electron chi connectivity index (χ3n) is 11.7. The van der Waals surface area contributed by atoms with Crippen LogP contribution in [0.5, 0.6) is 17.2 Å². The maximum absolute atomic E-state index is 13.9. The summed E-state index contributed by atoms with van der Waals surface area (Å²) >= 11 is 6.20. The molecule has 2 saturated heterocycles. The summed E-state index contributed by atoms with van der Waals surface area (Å²) in [5, 5.41) is 10.2. The number of sulfone groups is 1. The summed E-state index contributed by atoms with van der Waals surface area (Å²) in [6, 6.07) is 28.9. The monoisotopic (exact) mass is 997 g/mol. The Morgan fingerprint density at radius 1 is 0.809 bits per heavy atom. The van der Waals surface area contributed by atoms with Gasteiger partial charge in [-0.1, -0.05) is 54.4 Å². The molecule has 0 radical (unpaired) electrons. The van der Waals surface area contributed by atoms with Crippen LogP contribution in [0.3, 0.4) is 0 Å². The third kappa shape index (κ3) is 13.7. The van der Waals surface area contributed by atoms with Gasteiger partial charge in [-0.15, -0.1) is 0 Å². The standard InChI is InChI=1S/C49H55ClF3N5O8S2/c50-38-12-10-36(11-13-38)43-18-15-41(65-27-7-26-58-24-5-2-6-25-58)30-37(43)34-54-22-23-55-39-14-17-44(46(31-39)66-40-8-3-1-4-9-40)48(59)57-68(62,63)42-16-19-45(56-33-35-20-28-64-29-21-35)47(32-42)67(60,61)49(51,52)53/h1,3-4,8-19,30-32,35,54-56H,2,5-7,20-29,33-34H2,(H,57,59). The average Bonchev–Trinajstić information content (AvgIpc) is 3.33. The van der Waals surface area contributed by atoms with Crippen LogP contribution in [0.25, 0.3) is 11.1 Å². The van der Waals surface area contributed by atoms with Crippen LogP contribution in [0.2, 0.25) is 5.02 Å². The van der Waals surface area contributed by atoms with E-state index in [0.29, 0.717) is 74.8 Å². The number of para-hydroxylation sites is 1. The molecule has 0 spiro atoms. The maximum Gasteiger partial charge on any atom is 0.501 e. The molecule has 364 valence electrons. The minimum Gasteiger partial charge on any atom is -0.494 e. The first kappa shape index (κ1) is 50.5. The summed E-state index contributed by atoms with van der Waals surface area (Å²) in [7, 11) is -11.0. The summed E-state index contributed by atoms with van der Waals surface area (Å²) in [5.41, 5.74) is -2.78. The lowest BCUT2D eigenvalue weighted by Crippen LogP contribution is -2.31. The molecule has 0 atom stereocenters. The number of nitrogens with zero attached hydrogens (tertiary/aromatic N) is 1. The Balaban J connectivity index is 1.02. The molecule has 0 bridgehead atoms. The largest absolute Gasteiger partial charge is 0.501 e. The number of sulfonamides is 1. The summed E-state index contributed by atoms with van der Waals surface area (Å²) in [5.74, 6) is -0.0961. The van der Waals surface area contributed by atoms with E-state index in [1.54, 1.807) is 36.4 Å². The molecule has 7 rings (SSSR count). The van der Waals surface area contributed by atoms with Crippen molar-refractivity contribution in [2.45, 2.75) is 60.4 Å². The van der Waals surface area contributed by atoms with E-state index in [2.05, 4.69) is 26.9 Å². The highest BCUT2D eigenvalue weighted by molar-refractivity contribution is 7.92. The lowest BCUT2D eigenvalue weighted by atomic mass is 9.99. The maximum atomic E-state index is 13.9. The Hall–Kier alpha value is -5.37. The van der Waals surface area contributed by atoms with Crippen molar-refractivity contribution in [2.24, 2.45) is 5.92 Å². The number of hydrogen-bond acceptors (Lipinski definition) is 12. The number of alkyl halides is 3. The van der Waals surface area contributed by atoms with E-state index in [-0.39, 0.29) is 23.8 Å². The molecule has 0 aromatic heterocycles. The van der Waals surface area contributed by atoms with Crippen LogP contribution in [0, 0.1) is 5.92 Å². The van der Waals surface area contributed by atoms with Crippen LogP contribution in [0.4, 0.5) is 24.5 Å². The minimum absolute atomic E-state index is 0.00806. The van der Waals surface area contributed by atoms with E-state index in [0.717, 1.165) is 60.6 Å². The lowest BCUT2D eigenvalue weighted by molar-refractivity contribution is -0.0435. The van der Waals surface area contributed by atoms with Gasteiger partial charge < -0.3 is 35.1 Å². The van der Waals surface area contributed by atoms with Gasteiger partial charge in [0.25, 0.3) is 25.8 Å². The molecule has 0 aliphatic carbocycles. The smallest absolute Gasteiger partial charge is 0.494 e. The highest BCUT2D eigenvalue weighted by atomic mass is 35.5. The van der Waals surface area contributed by atoms with Crippen LogP contribution in [0.1, 0.15) is 54.4 Å². The number of rotatable bonds is 21. The van der Waals surface area contributed by atoms with Gasteiger partial charge in [0.15, 0.2) is 0 Å². The van der Waals surface area contributed by atoms with Crippen molar-refractivity contribution in [2.75, 3.05) is 69.7 Å². The number of likely N-dealkylation sites (tertiary alicyclic amines) is 1. The molecule has 1 amide bonds. The first-order chi connectivity index (χ1) is 32.7. The number of hydrogen-bond donors (Lipinski definition) is 4. The number of nitrogens with one attached hydrogen (secondary N) is 4. The van der Waals surface area contributed by atoms with E-state index in [4.69, 9.17) is 25.8 Å². The van der Waals surface area contributed by atoms with Crippen molar-refractivity contribution in [1.82, 2.24) is 14.9 Å². The van der Waals surface area contributed by atoms with E-state index in [9.17, 15) is 34.8 Å². The second-order valence-electron chi connectivity index (χ2n) is 16.6. The Bertz CT molecular complexity index is 2700. The molecule has 2 aliphatic rings. The van der Waals surface area contributed by atoms with Crippen molar-refractivity contribution in [3.8, 4) is 28.4 Å². The molecular weight excluding hydrogens is 943 g/mol. The average molecular weight is 999 g/mol. The van der Waals surface area contributed by atoms with Crippen LogP contribution >= 0.6 is 11.6 Å². The van der Waals surface area contributed by atoms with Crippen LogP contribution in [-0.2, 0) is 31.1 Å². The second kappa shape index (κ2) is 23.3. The number of ether oxygens (including phenoxy) is 3. The predicted molar refractivity (Wildman–Crippen MR) is 257 cm³/mol. The molecule has 0 saturated carbocycles. The molecule has 5 aromatic carbocycles. The van der Waals surface area contributed by atoms with Crippen LogP contribution < -0.4 is 30.1 Å². The molecule has 2 heterocycles. The lowest BCUT2D eigenvalue weighted by Gasteiger charge is -2.26. The third-order valence-corrected chi connectivity index (χ3v) is 14.8. The Morgan fingerprint density at radius 3 is 2.29 bits per heavy atom. The highest BCUT2D eigenvalue weighted by Crippen LogP contribution is 2.37. The molecule has 2 fully saturated rings. The Morgan fingerprint density at radius 2 is 1.56 bits per heavy atom. The van der Waals surface area contributed by atoms with Crippen molar-refractivity contribution < 1.29 is 49.0 Å². The summed E-state index contributed by atoms with van der Waals surface area (Å²) in [6.45, 7) is 6.39. The van der Waals surface area contributed by atoms with Gasteiger partial charge in [-0.2, -0.15) is 13.2 Å². The number of carbonyl (C=O) groups is 1. The number of anilines is 2. The van der Waals surface area contributed by atoms with Gasteiger partial charge in [-0.05, 0) is 135 Å². The SMILES string of the molecule is O=C(NS(=O)(=O)c1ccc(NCC2CCOCC2)c(S(=O)(=O)C(F)(F)F)c1)c1ccc(NCCNCc2cc(OCCCN3CCCCC3)ccc2-c2ccc(Cl)cc2)cc1Oc1ccccc1. The molecule has 13 nitrogen and oxygen atoms in total. The second-order valence-corrected chi connectivity index (χ2v) is 20.7. The molecule has 5 aromatic rings. The van der Waals surface area contributed by atoms with Crippen LogP contribution in [-0.4, -0.2) is 92.2 Å². The number of piperidine rings is 1. The van der Waals surface area contributed by atoms with E-state index in [1.165, 1.54) is 31.4 Å². The Kier molecular flexibility index (Phi) is 17.3. The van der Waals surface area contributed by atoms with Gasteiger partial charge in [0.05, 0.1) is 22.8 Å². The summed E-state index contributed by atoms with van der Waals surface area (Å²) < 4.78 is 114. The van der Waals surface area contributed by atoms with Crippen molar-refractivity contribution >= 4 is 48.7 Å². The molecular formula is C49H55ClF3N5O8S2. The van der Waals surface area contributed by atoms with Gasteiger partial charge in [0.1, 0.15) is 22.1 Å². The van der Waals surface area contributed by atoms with Gasteiger partial charge in [0.2, 0.25) is 0 Å². The van der Waals surface area contributed by atoms with Crippen molar-refractivity contribution in [1.29, 1.82) is 0 Å². The highest BCUT2D eigenvalue weighted by Gasteiger charge is 2.48. The normalized spacial score (nSPS) is 15.1. The Labute approximate surface area is 400 Å². The van der Waals surface area contributed by atoms with Gasteiger partial charge in [0, 0.05) is 62.7 Å². The van der Waals surface area contributed by atoms with Crippen molar-refractivity contribution in [3.63, 3.8) is 0 Å². The summed E-state index contributed by atoms with van der Waals surface area (Å²) in [4.78, 5) is 14.1. The number of amides is 1. The topological polar surface area (TPSA) is 164 Å². The summed E-state index contributed by atoms with van der Waals surface area (Å²) in [6.07, 6.45) is 5.95. The van der Waals surface area contributed by atoms with Gasteiger partial charge >= 0.3 is 5.51 Å². The first-order valence-corrected chi connectivity index (χ1v) is 25.9. The van der Waals surface area contributed by atoms with E-state index in [1.807, 2.05) is 41.1 Å². The zero-order chi connectivity index (χ0) is 48.2. The predicted octanol–water partition coefficient (Wildman–Crippen LogP) is 9.51. The minimum atomic E-state index is -6.03. The van der Waals surface area contributed by atoms with Crippen LogP contribution in [0.15, 0.2) is 119 Å². The molecule has 19 heteroatoms. The fraction of sp³-hybridized carbons (Fsp3) is 0.367.